The van der Waals surface area contributed by atoms with Crippen LogP contribution in [0.4, 0.5) is 0 Å². The average Bonchev–Trinajstić information content (AvgIpc) is 2.19. The predicted octanol–water partition coefficient (Wildman–Crippen LogP) is -0.512. The zero-order chi connectivity index (χ0) is 20.2. The first-order valence-electron chi connectivity index (χ1n) is 4.95. The van der Waals surface area contributed by atoms with Gasteiger partial charge in [-0.2, -0.15) is 17.2 Å². The van der Waals surface area contributed by atoms with Gasteiger partial charge in [-0.3, -0.25) is 9.05 Å². The minimum absolute atomic E-state index is 1.45. The molecule has 0 aromatic rings. The molecule has 152 valence electrons. The van der Waals surface area contributed by atoms with Gasteiger partial charge >= 0.3 is 39.1 Å². The fourth-order valence-corrected chi connectivity index (χ4v) is 6.86. The molecule has 0 saturated carbocycles. The highest BCUT2D eigenvalue weighted by atomic mass is 31.3. The van der Waals surface area contributed by atoms with Crippen molar-refractivity contribution in [2.24, 2.45) is 0 Å². The van der Waals surface area contributed by atoms with E-state index in [9.17, 15) is 22.8 Å². The van der Waals surface area contributed by atoms with Crippen LogP contribution in [0.25, 0.3) is 0 Å². The second kappa shape index (κ2) is 9.22. The Kier molecular flexibility index (Phi) is 9.45. The van der Waals surface area contributed by atoms with Crippen LogP contribution >= 0.6 is 39.1 Å². The molecule has 0 heterocycles. The van der Waals surface area contributed by atoms with E-state index < -0.39 is 52.7 Å². The zero-order valence-corrected chi connectivity index (χ0v) is 15.7. The third kappa shape index (κ3) is 11.8. The second-order valence-electron chi connectivity index (χ2n) is 3.19. The molecule has 0 aliphatic rings. The largest absolute Gasteiger partial charge is 0.490 e. The first kappa shape index (κ1) is 25.6. The van der Waals surface area contributed by atoms with Crippen molar-refractivity contribution in [3.63, 3.8) is 0 Å². The Labute approximate surface area is 137 Å². The van der Waals surface area contributed by atoms with E-state index in [0.29, 0.717) is 0 Å². The highest BCUT2D eigenvalue weighted by Crippen LogP contribution is 2.73. The average molecular weight is 478 g/mol. The Morgan fingerprint density at radius 3 is 1.20 bits per heavy atom. The topological polar surface area (TPSA) is 282 Å². The second-order valence-corrected chi connectivity index (χ2v) is 11.0. The maximum atomic E-state index is 11.5. The summed E-state index contributed by atoms with van der Waals surface area (Å²) in [5.74, 6) is 0. The maximum Gasteiger partial charge on any atom is 0.490 e. The molecule has 25 heavy (non-hydrogen) atoms. The van der Waals surface area contributed by atoms with Crippen LogP contribution < -0.4 is 0 Å². The van der Waals surface area contributed by atoms with Crippen molar-refractivity contribution in [2.75, 3.05) is 13.6 Å². The Bertz CT molecular complexity index is 661. The van der Waals surface area contributed by atoms with Gasteiger partial charge in [0.25, 0.3) is 0 Å². The van der Waals surface area contributed by atoms with Crippen LogP contribution in [0.1, 0.15) is 0 Å². The van der Waals surface area contributed by atoms with Gasteiger partial charge in [0, 0.05) is 0 Å². The van der Waals surface area contributed by atoms with Crippen LogP contribution in [0.2, 0.25) is 0 Å². The molecule has 23 heteroatoms. The van der Waals surface area contributed by atoms with Gasteiger partial charge in [0.1, 0.15) is 0 Å². The van der Waals surface area contributed by atoms with Gasteiger partial charge in [0.2, 0.25) is 0 Å². The monoisotopic (exact) mass is 478 g/mol. The lowest BCUT2D eigenvalue weighted by Crippen LogP contribution is -2.03. The summed E-state index contributed by atoms with van der Waals surface area (Å²) in [7, 11) is -29.0. The van der Waals surface area contributed by atoms with Crippen molar-refractivity contribution in [3.05, 3.63) is 0 Å². The van der Waals surface area contributed by atoms with E-state index in [1.54, 1.807) is 0 Å². The third-order valence-electron chi connectivity index (χ3n) is 1.26. The molecule has 0 fully saturated rings. The molecule has 0 aromatic heterocycles. The zero-order valence-electron chi connectivity index (χ0n) is 11.3. The molecule has 0 rings (SSSR count). The standard InChI is InChI=1S/C2H11O18P5/c3-1-15-25(14,16-2-4)20-24(12,13)19-23(10,11)18-22(8,9)17-21(5,6)7/h3-4H,1-2H2,(H,8,9)(H,10,11)(H,12,13)(H2,5,6,7). The Balaban J connectivity index is 5.22. The van der Waals surface area contributed by atoms with Crippen molar-refractivity contribution in [1.82, 2.24) is 0 Å². The van der Waals surface area contributed by atoms with Gasteiger partial charge < -0.3 is 34.7 Å². The molecule has 18 nitrogen and oxygen atoms in total. The normalized spacial score (nSPS) is 20.4. The molecule has 0 amide bonds. The molecular weight excluding hydrogens is 467 g/mol. The minimum atomic E-state index is -6.12. The molecule has 7 N–H and O–H groups in total. The van der Waals surface area contributed by atoms with Crippen molar-refractivity contribution >= 4 is 39.1 Å². The summed E-state index contributed by atoms with van der Waals surface area (Å²) in [5, 5.41) is 16.8. The number of aliphatic hydroxyl groups excluding tert-OH is 2. The summed E-state index contributed by atoms with van der Waals surface area (Å²) < 4.78 is 76.7. The van der Waals surface area contributed by atoms with Crippen LogP contribution in [0.5, 0.6) is 0 Å². The van der Waals surface area contributed by atoms with Gasteiger partial charge in [0.05, 0.1) is 0 Å². The Morgan fingerprint density at radius 2 is 0.880 bits per heavy atom. The van der Waals surface area contributed by atoms with E-state index in [0.717, 1.165) is 0 Å². The number of rotatable bonds is 12. The van der Waals surface area contributed by atoms with Crippen molar-refractivity contribution in [3.8, 4) is 0 Å². The highest BCUT2D eigenvalue weighted by molar-refractivity contribution is 7.71. The molecule has 0 saturated heterocycles. The molecule has 0 radical (unpaired) electrons. The Hall–Kier alpha value is 0.630. The van der Waals surface area contributed by atoms with Crippen LogP contribution in [0, 0.1) is 0 Å². The van der Waals surface area contributed by atoms with Gasteiger partial charge in [-0.1, -0.05) is 0 Å². The van der Waals surface area contributed by atoms with E-state index in [4.69, 9.17) is 34.7 Å². The molecule has 0 bridgehead atoms. The lowest BCUT2D eigenvalue weighted by Gasteiger charge is -2.20. The fourth-order valence-electron chi connectivity index (χ4n) is 0.792. The van der Waals surface area contributed by atoms with Gasteiger partial charge in [-0.05, 0) is 0 Å². The van der Waals surface area contributed by atoms with E-state index in [-0.39, 0.29) is 0 Å². The lowest BCUT2D eigenvalue weighted by molar-refractivity contribution is 0.0163. The third-order valence-corrected chi connectivity index (χ3v) is 8.72. The van der Waals surface area contributed by atoms with Crippen molar-refractivity contribution in [1.29, 1.82) is 0 Å². The van der Waals surface area contributed by atoms with E-state index >= 15 is 0 Å². The minimum Gasteiger partial charge on any atom is -0.370 e. The van der Waals surface area contributed by atoms with Crippen LogP contribution in [0.3, 0.4) is 0 Å². The molecular formula is C2H11O18P5. The summed E-state index contributed by atoms with van der Waals surface area (Å²) in [4.78, 5) is 43.5. The van der Waals surface area contributed by atoms with Crippen LogP contribution in [-0.4, -0.2) is 48.3 Å². The number of hydrogen-bond donors (Lipinski definition) is 7. The molecule has 3 unspecified atom stereocenters. The van der Waals surface area contributed by atoms with Crippen molar-refractivity contribution in [2.45, 2.75) is 0 Å². The summed E-state index contributed by atoms with van der Waals surface area (Å²) >= 11 is 0. The molecule has 0 aromatic carbocycles. The number of phosphoric ester groups is 1. The molecule has 3 atom stereocenters. The molecule has 0 spiro atoms. The lowest BCUT2D eigenvalue weighted by atomic mass is 11.6. The summed E-state index contributed by atoms with van der Waals surface area (Å²) in [6.07, 6.45) is 0. The smallest absolute Gasteiger partial charge is 0.370 e. The quantitative estimate of drug-likeness (QED) is 0.137. The van der Waals surface area contributed by atoms with Gasteiger partial charge in [0.15, 0.2) is 13.6 Å². The summed E-state index contributed by atoms with van der Waals surface area (Å²) in [6.45, 7) is -2.90. The number of hydrogen-bond acceptors (Lipinski definition) is 13. The van der Waals surface area contributed by atoms with Crippen molar-refractivity contribution < 1.29 is 83.8 Å². The predicted molar refractivity (Wildman–Crippen MR) is 69.8 cm³/mol. The first-order chi connectivity index (χ1) is 10.9. The molecule has 0 aliphatic carbocycles. The van der Waals surface area contributed by atoms with Crippen LogP contribution in [0.15, 0.2) is 0 Å². The Morgan fingerprint density at radius 1 is 0.560 bits per heavy atom. The number of phosphoric acid groups is 5. The first-order valence-corrected chi connectivity index (χ1v) is 12.4. The molecule has 0 aliphatic heterocycles. The van der Waals surface area contributed by atoms with E-state index in [2.05, 4.69) is 26.3 Å². The SMILES string of the molecule is O=P(O)(O)OP(=O)(O)OP(=O)(O)OP(=O)(O)OP(=O)(OCO)OCO. The highest BCUT2D eigenvalue weighted by Gasteiger charge is 2.48. The van der Waals surface area contributed by atoms with Gasteiger partial charge in [-0.25, -0.2) is 22.8 Å². The maximum absolute atomic E-state index is 11.5. The summed E-state index contributed by atoms with van der Waals surface area (Å²) in [5.41, 5.74) is 0. The van der Waals surface area contributed by atoms with Crippen LogP contribution in [-0.2, 0) is 49.1 Å². The number of aliphatic hydroxyl groups is 2. The summed E-state index contributed by atoms with van der Waals surface area (Å²) in [6, 6.07) is 0. The fraction of sp³-hybridized carbons (Fsp3) is 1.00. The van der Waals surface area contributed by atoms with Gasteiger partial charge in [-0.15, -0.1) is 0 Å². The van der Waals surface area contributed by atoms with E-state index in [1.807, 2.05) is 0 Å². The van der Waals surface area contributed by atoms with E-state index in [1.165, 1.54) is 0 Å².